The molecule has 0 aliphatic heterocycles. The van der Waals surface area contributed by atoms with Crippen molar-refractivity contribution in [1.29, 1.82) is 0 Å². The Morgan fingerprint density at radius 3 is 1.07 bits per heavy atom. The minimum atomic E-state index is -5.11. The number of carbonyl (C=O) groups excluding carboxylic acids is 4. The summed E-state index contributed by atoms with van der Waals surface area (Å²) in [4.78, 5) is 48.8. The van der Waals surface area contributed by atoms with E-state index in [4.69, 9.17) is 0 Å². The number of hydrazine groups is 2. The van der Waals surface area contributed by atoms with Crippen LogP contribution in [-0.4, -0.2) is 52.8 Å². The maximum Gasteiger partial charge on any atom is 0.472 e. The van der Waals surface area contributed by atoms with Crippen LogP contribution in [0, 0.1) is 23.7 Å². The first kappa shape index (κ1) is 43.8. The SMILES string of the molecule is O=C(Nc1ccc(S(=O)(=O)Nc2ccc(NNC(=O)C(F)(F)F)cc2)cc1)C1C2C=CC(C2)C1C(=O)Nc1ccc(S(=O)(=O)Nc2ccc(NNC(=O)C(F)(F)F)cc2)cc1. The number of fused-ring (bicyclic) bond motifs is 2. The average Bonchev–Trinajstić information content (AvgIpc) is 3.82. The normalized spacial score (nSPS) is 18.4. The number of amides is 4. The largest absolute Gasteiger partial charge is 0.472 e. The monoisotopic (exact) mass is 894 g/mol. The quantitative estimate of drug-likeness (QED) is 0.0462. The molecule has 4 amide bonds. The number of sulfonamides is 2. The Morgan fingerprint density at radius 2 is 0.754 bits per heavy atom. The molecule has 4 aromatic rings. The third-order valence-electron chi connectivity index (χ3n) is 9.36. The van der Waals surface area contributed by atoms with Crippen molar-refractivity contribution in [3.8, 4) is 0 Å². The van der Waals surface area contributed by atoms with E-state index >= 15 is 0 Å². The van der Waals surface area contributed by atoms with Crippen molar-refractivity contribution in [2.24, 2.45) is 23.7 Å². The van der Waals surface area contributed by atoms with E-state index < -0.39 is 67.9 Å². The molecule has 0 saturated heterocycles. The van der Waals surface area contributed by atoms with Gasteiger partial charge in [0.2, 0.25) is 11.8 Å². The number of alkyl halides is 6. The zero-order valence-corrected chi connectivity index (χ0v) is 32.4. The predicted molar refractivity (Wildman–Crippen MR) is 208 cm³/mol. The lowest BCUT2D eigenvalue weighted by Crippen LogP contribution is -2.40. The Labute approximate surface area is 342 Å². The van der Waals surface area contributed by atoms with Gasteiger partial charge >= 0.3 is 24.2 Å². The maximum atomic E-state index is 13.6. The number of carbonyl (C=O) groups is 4. The molecule has 0 heterocycles. The van der Waals surface area contributed by atoms with E-state index in [1.807, 2.05) is 12.2 Å². The molecule has 1 saturated carbocycles. The van der Waals surface area contributed by atoms with Crippen molar-refractivity contribution in [2.45, 2.75) is 28.6 Å². The van der Waals surface area contributed by atoms with Crippen LogP contribution >= 0.6 is 0 Å². The molecule has 322 valence electrons. The molecular formula is C37H32F6N8O8S2. The van der Waals surface area contributed by atoms with Crippen LogP contribution in [0.3, 0.4) is 0 Å². The highest BCUT2D eigenvalue weighted by Crippen LogP contribution is 2.49. The topological polar surface area (TPSA) is 233 Å². The number of nitrogens with one attached hydrogen (secondary N) is 8. The molecular weight excluding hydrogens is 863 g/mol. The molecule has 24 heteroatoms. The molecule has 16 nitrogen and oxygen atoms in total. The Hall–Kier alpha value is -6.82. The van der Waals surface area contributed by atoms with E-state index in [2.05, 4.69) is 30.9 Å². The van der Waals surface area contributed by atoms with Gasteiger partial charge in [-0.1, -0.05) is 12.2 Å². The number of hydrogen-bond acceptors (Lipinski definition) is 10. The molecule has 2 aliphatic rings. The molecule has 4 unspecified atom stereocenters. The predicted octanol–water partition coefficient (Wildman–Crippen LogP) is 5.31. The number of allylic oxidation sites excluding steroid dienone is 2. The van der Waals surface area contributed by atoms with Gasteiger partial charge in [0.1, 0.15) is 0 Å². The van der Waals surface area contributed by atoms with E-state index in [1.165, 1.54) is 108 Å². The second kappa shape index (κ2) is 17.0. The van der Waals surface area contributed by atoms with Gasteiger partial charge in [-0.05, 0) is 115 Å². The highest BCUT2D eigenvalue weighted by molar-refractivity contribution is 7.93. The molecule has 2 bridgehead atoms. The number of anilines is 6. The molecule has 0 aromatic heterocycles. The molecule has 8 N–H and O–H groups in total. The average molecular weight is 895 g/mol. The van der Waals surface area contributed by atoms with Gasteiger partial charge < -0.3 is 10.6 Å². The summed E-state index contributed by atoms with van der Waals surface area (Å²) in [6, 6.07) is 20.2. The van der Waals surface area contributed by atoms with E-state index in [9.17, 15) is 62.4 Å². The van der Waals surface area contributed by atoms with Crippen molar-refractivity contribution >= 4 is 77.8 Å². The zero-order valence-electron chi connectivity index (χ0n) is 30.8. The van der Waals surface area contributed by atoms with E-state index in [-0.39, 0.29) is 55.8 Å². The molecule has 4 aromatic carbocycles. The summed E-state index contributed by atoms with van der Waals surface area (Å²) in [5.41, 5.74) is 7.70. The molecule has 61 heavy (non-hydrogen) atoms. The minimum absolute atomic E-state index is 0.0384. The Bertz CT molecular complexity index is 2380. The number of hydrogen-bond donors (Lipinski definition) is 8. The lowest BCUT2D eigenvalue weighted by molar-refractivity contribution is -0.173. The van der Waals surface area contributed by atoms with Crippen LogP contribution in [0.2, 0.25) is 0 Å². The van der Waals surface area contributed by atoms with Crippen molar-refractivity contribution in [2.75, 3.05) is 30.9 Å². The molecule has 0 radical (unpaired) electrons. The number of halogens is 6. The fourth-order valence-corrected chi connectivity index (χ4v) is 8.61. The summed E-state index contributed by atoms with van der Waals surface area (Å²) in [6.45, 7) is 0. The number of benzene rings is 4. The van der Waals surface area contributed by atoms with Gasteiger partial charge in [-0.15, -0.1) is 0 Å². The summed E-state index contributed by atoms with van der Waals surface area (Å²) in [5, 5.41) is 5.47. The van der Waals surface area contributed by atoms with Crippen molar-refractivity contribution in [3.05, 3.63) is 109 Å². The summed E-state index contributed by atoms with van der Waals surface area (Å²) in [6.07, 6.45) is -5.98. The summed E-state index contributed by atoms with van der Waals surface area (Å²) in [7, 11) is -8.33. The third-order valence-corrected chi connectivity index (χ3v) is 12.2. The molecule has 4 atom stereocenters. The highest BCUT2D eigenvalue weighted by Gasteiger charge is 2.51. The highest BCUT2D eigenvalue weighted by atomic mass is 32.2. The minimum Gasteiger partial charge on any atom is -0.326 e. The van der Waals surface area contributed by atoms with Gasteiger partial charge in [0.15, 0.2) is 0 Å². The van der Waals surface area contributed by atoms with Crippen molar-refractivity contribution < 1.29 is 62.4 Å². The first-order valence-electron chi connectivity index (χ1n) is 17.6. The second-order valence-electron chi connectivity index (χ2n) is 13.5. The summed E-state index contributed by atoms with van der Waals surface area (Å²) >= 11 is 0. The number of rotatable bonds is 14. The van der Waals surface area contributed by atoms with Gasteiger partial charge in [-0.2, -0.15) is 26.3 Å². The fourth-order valence-electron chi connectivity index (χ4n) is 6.49. The summed E-state index contributed by atoms with van der Waals surface area (Å²) < 4.78 is 131. The van der Waals surface area contributed by atoms with Gasteiger partial charge in [-0.3, -0.25) is 50.3 Å². The molecule has 6 rings (SSSR count). The van der Waals surface area contributed by atoms with E-state index in [1.54, 1.807) is 0 Å². The molecule has 2 aliphatic carbocycles. The Kier molecular flexibility index (Phi) is 12.2. The van der Waals surface area contributed by atoms with E-state index in [0.29, 0.717) is 6.42 Å². The van der Waals surface area contributed by atoms with Crippen LogP contribution in [-0.2, 0) is 39.2 Å². The molecule has 1 fully saturated rings. The smallest absolute Gasteiger partial charge is 0.326 e. The Morgan fingerprint density at radius 1 is 0.459 bits per heavy atom. The van der Waals surface area contributed by atoms with Gasteiger partial charge in [0, 0.05) is 22.7 Å². The Balaban J connectivity index is 1.03. The van der Waals surface area contributed by atoms with Gasteiger partial charge in [0.25, 0.3) is 20.0 Å². The second-order valence-corrected chi connectivity index (χ2v) is 16.9. The van der Waals surface area contributed by atoms with E-state index in [0.717, 1.165) is 0 Å². The molecule has 0 spiro atoms. The van der Waals surface area contributed by atoms with Crippen LogP contribution in [0.1, 0.15) is 6.42 Å². The standard InChI is InChI=1S/C37H32F6N8O8S2/c38-36(39,40)34(54)48-46-24-3-7-26(8-4-24)50-60(56,57)28-15-11-22(12-16-28)44-32(52)30-20-1-2-21(19-20)31(30)33(53)45-23-13-17-29(18-14-23)61(58,59)51-27-9-5-25(6-10-27)47-49-35(55)37(41,42)43/h1-18,20-21,30-31,46-47,50-51H,19H2,(H,44,52)(H,45,53)(H,48,54)(H,49,55). The lowest BCUT2D eigenvalue weighted by atomic mass is 9.81. The first-order valence-corrected chi connectivity index (χ1v) is 20.6. The summed E-state index contributed by atoms with van der Waals surface area (Å²) in [5.74, 6) is -7.57. The van der Waals surface area contributed by atoms with Crippen LogP contribution in [0.4, 0.5) is 60.5 Å². The van der Waals surface area contributed by atoms with Gasteiger partial charge in [0.05, 0.1) is 33.0 Å². The fraction of sp³-hybridized carbons (Fsp3) is 0.189. The van der Waals surface area contributed by atoms with Crippen LogP contribution in [0.15, 0.2) is 119 Å². The van der Waals surface area contributed by atoms with Crippen molar-refractivity contribution in [1.82, 2.24) is 10.9 Å². The van der Waals surface area contributed by atoms with Crippen LogP contribution in [0.5, 0.6) is 0 Å². The lowest BCUT2D eigenvalue weighted by Gasteiger charge is -2.26. The van der Waals surface area contributed by atoms with Crippen LogP contribution < -0.4 is 41.8 Å². The van der Waals surface area contributed by atoms with Crippen molar-refractivity contribution in [3.63, 3.8) is 0 Å². The van der Waals surface area contributed by atoms with Crippen LogP contribution in [0.25, 0.3) is 0 Å². The third kappa shape index (κ3) is 10.7. The zero-order chi connectivity index (χ0) is 44.3. The first-order chi connectivity index (χ1) is 28.6. The maximum absolute atomic E-state index is 13.6. The van der Waals surface area contributed by atoms with Gasteiger partial charge in [-0.25, -0.2) is 16.8 Å².